The van der Waals surface area contributed by atoms with Crippen LogP contribution in [0, 0.1) is 11.3 Å². The maximum atomic E-state index is 12.3. The normalized spacial score (nSPS) is 12.1. The molecule has 0 aliphatic carbocycles. The van der Waals surface area contributed by atoms with Crippen LogP contribution in [-0.2, 0) is 11.3 Å². The number of nitrogens with zero attached hydrogens (tertiary/aromatic N) is 3. The molecule has 2 heterocycles. The van der Waals surface area contributed by atoms with Gasteiger partial charge in [-0.15, -0.1) is 0 Å². The van der Waals surface area contributed by atoms with Gasteiger partial charge in [-0.2, -0.15) is 5.26 Å². The fraction of sp³-hybridized carbons (Fsp3) is 0.118. The average molecular weight is 320 g/mol. The molecule has 2 aromatic carbocycles. The van der Waals surface area contributed by atoms with Crippen molar-refractivity contribution in [3.63, 3.8) is 0 Å². The zero-order valence-corrected chi connectivity index (χ0v) is 12.5. The molecule has 0 spiro atoms. The van der Waals surface area contributed by atoms with Gasteiger partial charge in [-0.1, -0.05) is 12.1 Å². The first-order valence-corrected chi connectivity index (χ1v) is 7.28. The van der Waals surface area contributed by atoms with Crippen LogP contribution in [0.5, 0.6) is 11.5 Å². The SMILES string of the molecule is N#Cc1ccccc1NC(=O)Cn1cnc2cc3c(cc21)OCO3. The molecule has 0 bridgehead atoms. The Bertz CT molecular complexity index is 987. The minimum atomic E-state index is -0.241. The number of carbonyl (C=O) groups is 1. The highest BCUT2D eigenvalue weighted by Crippen LogP contribution is 2.35. The van der Waals surface area contributed by atoms with Gasteiger partial charge in [0.05, 0.1) is 28.6 Å². The first-order chi connectivity index (χ1) is 11.7. The highest BCUT2D eigenvalue weighted by molar-refractivity contribution is 5.93. The Morgan fingerprint density at radius 1 is 1.29 bits per heavy atom. The molecule has 0 unspecified atom stereocenters. The summed E-state index contributed by atoms with van der Waals surface area (Å²) in [5.74, 6) is 1.05. The molecule has 1 amide bonds. The number of fused-ring (bicyclic) bond motifs is 2. The maximum Gasteiger partial charge on any atom is 0.244 e. The molecule has 7 nitrogen and oxygen atoms in total. The lowest BCUT2D eigenvalue weighted by molar-refractivity contribution is -0.116. The molecule has 7 heteroatoms. The summed E-state index contributed by atoms with van der Waals surface area (Å²) in [5.41, 5.74) is 2.42. The summed E-state index contributed by atoms with van der Waals surface area (Å²) in [4.78, 5) is 16.6. The molecular weight excluding hydrogens is 308 g/mol. The topological polar surface area (TPSA) is 89.2 Å². The lowest BCUT2D eigenvalue weighted by Crippen LogP contribution is -2.18. The van der Waals surface area contributed by atoms with Crippen molar-refractivity contribution in [1.29, 1.82) is 5.26 Å². The van der Waals surface area contributed by atoms with E-state index in [1.807, 2.05) is 0 Å². The Hall–Kier alpha value is -3.53. The van der Waals surface area contributed by atoms with Crippen LogP contribution in [0.1, 0.15) is 5.56 Å². The van der Waals surface area contributed by atoms with Gasteiger partial charge in [0.1, 0.15) is 12.6 Å². The Morgan fingerprint density at radius 2 is 2.08 bits per heavy atom. The van der Waals surface area contributed by atoms with E-state index < -0.39 is 0 Å². The number of aromatic nitrogens is 2. The minimum absolute atomic E-state index is 0.0793. The summed E-state index contributed by atoms with van der Waals surface area (Å²) in [6, 6.07) is 12.5. The third kappa shape index (κ3) is 2.40. The number of imidazole rings is 1. The van der Waals surface area contributed by atoms with E-state index in [1.54, 1.807) is 47.3 Å². The monoisotopic (exact) mass is 320 g/mol. The molecule has 1 aliphatic rings. The van der Waals surface area contributed by atoms with Crippen LogP contribution in [0.4, 0.5) is 5.69 Å². The van der Waals surface area contributed by atoms with Crippen LogP contribution in [-0.4, -0.2) is 22.3 Å². The lowest BCUT2D eigenvalue weighted by atomic mass is 10.2. The number of carbonyl (C=O) groups excluding carboxylic acids is 1. The summed E-state index contributed by atoms with van der Waals surface area (Å²) < 4.78 is 12.4. The number of hydrogen-bond acceptors (Lipinski definition) is 5. The predicted molar refractivity (Wildman–Crippen MR) is 85.6 cm³/mol. The van der Waals surface area contributed by atoms with E-state index in [9.17, 15) is 4.79 Å². The van der Waals surface area contributed by atoms with Gasteiger partial charge in [0.15, 0.2) is 11.5 Å². The smallest absolute Gasteiger partial charge is 0.244 e. The van der Waals surface area contributed by atoms with Gasteiger partial charge >= 0.3 is 0 Å². The van der Waals surface area contributed by atoms with E-state index in [4.69, 9.17) is 14.7 Å². The molecule has 4 rings (SSSR count). The number of hydrogen-bond donors (Lipinski definition) is 1. The first kappa shape index (κ1) is 14.1. The number of para-hydroxylation sites is 1. The van der Waals surface area contributed by atoms with Crippen molar-refractivity contribution in [3.05, 3.63) is 48.3 Å². The first-order valence-electron chi connectivity index (χ1n) is 7.28. The zero-order valence-electron chi connectivity index (χ0n) is 12.5. The van der Waals surface area contributed by atoms with Crippen molar-refractivity contribution in [3.8, 4) is 17.6 Å². The third-order valence-electron chi connectivity index (χ3n) is 3.75. The fourth-order valence-electron chi connectivity index (χ4n) is 2.61. The number of anilines is 1. The van der Waals surface area contributed by atoms with Gasteiger partial charge < -0.3 is 19.4 Å². The number of amides is 1. The summed E-state index contributed by atoms with van der Waals surface area (Å²) in [6.45, 7) is 0.267. The largest absolute Gasteiger partial charge is 0.454 e. The van der Waals surface area contributed by atoms with Crippen LogP contribution < -0.4 is 14.8 Å². The molecule has 3 aromatic rings. The summed E-state index contributed by atoms with van der Waals surface area (Å²) >= 11 is 0. The van der Waals surface area contributed by atoms with E-state index >= 15 is 0 Å². The summed E-state index contributed by atoms with van der Waals surface area (Å²) in [5, 5.41) is 11.8. The molecule has 1 N–H and O–H groups in total. The van der Waals surface area contributed by atoms with Crippen molar-refractivity contribution in [1.82, 2.24) is 9.55 Å². The predicted octanol–water partition coefficient (Wildman–Crippen LogP) is 2.28. The Balaban J connectivity index is 1.58. The maximum absolute atomic E-state index is 12.3. The van der Waals surface area contributed by atoms with Crippen molar-refractivity contribution >= 4 is 22.6 Å². The number of benzene rings is 2. The standard InChI is InChI=1S/C17H12N4O3/c18-7-11-3-1-2-4-12(11)20-17(22)8-21-9-19-13-5-15-16(6-14(13)21)24-10-23-15/h1-6,9H,8,10H2,(H,20,22). The van der Waals surface area contributed by atoms with Crippen molar-refractivity contribution in [2.75, 3.05) is 12.1 Å². The lowest BCUT2D eigenvalue weighted by Gasteiger charge is -2.08. The third-order valence-corrected chi connectivity index (χ3v) is 3.75. The minimum Gasteiger partial charge on any atom is -0.454 e. The molecule has 24 heavy (non-hydrogen) atoms. The van der Waals surface area contributed by atoms with E-state index in [1.165, 1.54) is 0 Å². The van der Waals surface area contributed by atoms with Crippen molar-refractivity contribution in [2.24, 2.45) is 0 Å². The van der Waals surface area contributed by atoms with Crippen molar-refractivity contribution in [2.45, 2.75) is 6.54 Å². The Kier molecular flexibility index (Phi) is 3.28. The van der Waals surface area contributed by atoms with Gasteiger partial charge in [-0.3, -0.25) is 4.79 Å². The van der Waals surface area contributed by atoms with E-state index in [0.29, 0.717) is 22.7 Å². The van der Waals surface area contributed by atoms with E-state index in [-0.39, 0.29) is 19.2 Å². The highest BCUT2D eigenvalue weighted by atomic mass is 16.7. The van der Waals surface area contributed by atoms with Gasteiger partial charge in [0, 0.05) is 12.1 Å². The van der Waals surface area contributed by atoms with Gasteiger partial charge in [0.2, 0.25) is 12.7 Å². The second kappa shape index (κ2) is 5.59. The van der Waals surface area contributed by atoms with Gasteiger partial charge in [-0.25, -0.2) is 4.98 Å². The Morgan fingerprint density at radius 3 is 2.92 bits per heavy atom. The molecular formula is C17H12N4O3. The molecule has 1 aromatic heterocycles. The number of nitrogens with one attached hydrogen (secondary N) is 1. The Labute approximate surface area is 137 Å². The summed E-state index contributed by atoms with van der Waals surface area (Å²) in [6.07, 6.45) is 1.59. The highest BCUT2D eigenvalue weighted by Gasteiger charge is 2.17. The van der Waals surface area contributed by atoms with Crippen LogP contribution >= 0.6 is 0 Å². The van der Waals surface area contributed by atoms with Crippen molar-refractivity contribution < 1.29 is 14.3 Å². The molecule has 1 aliphatic heterocycles. The zero-order chi connectivity index (χ0) is 16.5. The molecule has 0 atom stereocenters. The molecule has 118 valence electrons. The average Bonchev–Trinajstić information content (AvgIpc) is 3.20. The van der Waals surface area contributed by atoms with Crippen LogP contribution in [0.25, 0.3) is 11.0 Å². The van der Waals surface area contributed by atoms with E-state index in [0.717, 1.165) is 11.0 Å². The molecule has 0 saturated heterocycles. The van der Waals surface area contributed by atoms with Gasteiger partial charge in [0.25, 0.3) is 0 Å². The number of rotatable bonds is 3. The molecule has 0 fully saturated rings. The number of ether oxygens (including phenoxy) is 2. The van der Waals surface area contributed by atoms with Gasteiger partial charge in [-0.05, 0) is 12.1 Å². The van der Waals surface area contributed by atoms with Crippen LogP contribution in [0.2, 0.25) is 0 Å². The second-order valence-electron chi connectivity index (χ2n) is 5.27. The fourth-order valence-corrected chi connectivity index (χ4v) is 2.61. The van der Waals surface area contributed by atoms with Crippen LogP contribution in [0.15, 0.2) is 42.7 Å². The summed E-state index contributed by atoms with van der Waals surface area (Å²) in [7, 11) is 0. The number of nitriles is 1. The molecule has 0 radical (unpaired) electrons. The second-order valence-corrected chi connectivity index (χ2v) is 5.27. The quantitative estimate of drug-likeness (QED) is 0.799. The molecule has 0 saturated carbocycles. The van der Waals surface area contributed by atoms with Crippen LogP contribution in [0.3, 0.4) is 0 Å². The van der Waals surface area contributed by atoms with E-state index in [2.05, 4.69) is 16.4 Å².